The maximum absolute atomic E-state index is 4.42. The summed E-state index contributed by atoms with van der Waals surface area (Å²) in [7, 11) is 0. The molecule has 4 aromatic carbocycles. The monoisotopic (exact) mass is 687 g/mol. The van der Waals surface area contributed by atoms with Gasteiger partial charge in [-0.05, 0) is 26.0 Å². The van der Waals surface area contributed by atoms with E-state index in [2.05, 4.69) is 72.6 Å². The van der Waals surface area contributed by atoms with E-state index in [1.807, 2.05) is 107 Å². The van der Waals surface area contributed by atoms with Gasteiger partial charge in [-0.25, -0.2) is 0 Å². The Morgan fingerprint density at radius 3 is 1.00 bits per heavy atom. The molecule has 6 aromatic rings. The first-order valence-corrected chi connectivity index (χ1v) is 12.5. The van der Waals surface area contributed by atoms with E-state index in [4.69, 9.17) is 0 Å². The summed E-state index contributed by atoms with van der Waals surface area (Å²) in [6.07, 6.45) is 7.54. The van der Waals surface area contributed by atoms with Crippen molar-refractivity contribution in [3.8, 4) is 0 Å². The predicted octanol–water partition coefficient (Wildman–Crippen LogP) is 6.59. The largest absolute Gasteiger partial charge is 4.00 e. The number of aromatic nitrogens is 4. The summed E-state index contributed by atoms with van der Waals surface area (Å²) in [6, 6.07) is 49.1. The fourth-order valence-corrected chi connectivity index (χ4v) is 4.64. The first kappa shape index (κ1) is 28.0. The molecular weight excluding hydrogens is 659 g/mol. The quantitative estimate of drug-likeness (QED) is 0.186. The predicted molar refractivity (Wildman–Crippen MR) is 149 cm³/mol. The first-order valence-electron chi connectivity index (χ1n) is 12.5. The van der Waals surface area contributed by atoms with E-state index in [1.54, 1.807) is 12.4 Å². The first-order chi connectivity index (χ1) is 18.6. The van der Waals surface area contributed by atoms with Crippen LogP contribution in [0.15, 0.2) is 134 Å². The summed E-state index contributed by atoms with van der Waals surface area (Å²) >= 11 is 0. The van der Waals surface area contributed by atoms with Crippen molar-refractivity contribution in [2.45, 2.75) is 24.9 Å². The summed E-state index contributed by atoms with van der Waals surface area (Å²) < 4.78 is 3.90. The van der Waals surface area contributed by atoms with Gasteiger partial charge in [-0.3, -0.25) is 9.36 Å². The molecule has 0 aliphatic carbocycles. The molecule has 0 aliphatic rings. The Hall–Kier alpha value is -4.01. The fourth-order valence-electron chi connectivity index (χ4n) is 4.64. The topological polar surface area (TPSA) is 35.6 Å². The second-order valence-corrected chi connectivity index (χ2v) is 9.15. The molecule has 5 heteroatoms. The standard InChI is InChI=1S/2C17H14N2.Pt/c2*1-17(19-14-8-13-18-19,15-9-4-2-5-10-15)16-11-6-3-7-12-16;/h2*2-9,11,13-14H,1H3;/q2*-2;+4. The van der Waals surface area contributed by atoms with E-state index in [0.717, 1.165) is 22.3 Å². The van der Waals surface area contributed by atoms with Crippen LogP contribution in [-0.4, -0.2) is 19.6 Å². The molecule has 0 amide bonds. The third kappa shape index (κ3) is 5.72. The van der Waals surface area contributed by atoms with Crippen LogP contribution in [0.2, 0.25) is 0 Å². The number of hydrogen-bond donors (Lipinski definition) is 0. The molecule has 0 radical (unpaired) electrons. The molecule has 0 spiro atoms. The van der Waals surface area contributed by atoms with Gasteiger partial charge in [0, 0.05) is 24.8 Å². The molecule has 2 aromatic heterocycles. The molecule has 0 atom stereocenters. The van der Waals surface area contributed by atoms with E-state index in [0.29, 0.717) is 0 Å². The Morgan fingerprint density at radius 2 is 0.795 bits per heavy atom. The zero-order valence-corrected chi connectivity index (χ0v) is 24.1. The van der Waals surface area contributed by atoms with Crippen LogP contribution < -0.4 is 0 Å². The minimum Gasteiger partial charge on any atom is -0.262 e. The van der Waals surface area contributed by atoms with Crippen molar-refractivity contribution >= 4 is 0 Å². The number of rotatable bonds is 6. The van der Waals surface area contributed by atoms with E-state index >= 15 is 0 Å². The second-order valence-electron chi connectivity index (χ2n) is 9.15. The number of nitrogens with zero attached hydrogens (tertiary/aromatic N) is 4. The van der Waals surface area contributed by atoms with Crippen LogP contribution in [0.5, 0.6) is 0 Å². The second kappa shape index (κ2) is 12.7. The van der Waals surface area contributed by atoms with Crippen molar-refractivity contribution < 1.29 is 21.1 Å². The summed E-state index contributed by atoms with van der Waals surface area (Å²) in [5, 5.41) is 8.84. The Balaban J connectivity index is 0.000000176. The van der Waals surface area contributed by atoms with Crippen LogP contribution in [0.3, 0.4) is 0 Å². The molecule has 39 heavy (non-hydrogen) atoms. The van der Waals surface area contributed by atoms with E-state index in [9.17, 15) is 0 Å². The number of benzene rings is 4. The Kier molecular flexibility index (Phi) is 9.11. The molecule has 0 unspecified atom stereocenters. The molecule has 0 bridgehead atoms. The van der Waals surface area contributed by atoms with Gasteiger partial charge in [-0.1, -0.05) is 0 Å². The third-order valence-corrected chi connectivity index (χ3v) is 6.86. The molecule has 194 valence electrons. The van der Waals surface area contributed by atoms with Crippen LogP contribution in [0.25, 0.3) is 0 Å². The van der Waals surface area contributed by atoms with Crippen LogP contribution in [0.1, 0.15) is 36.1 Å². The molecule has 0 fully saturated rings. The molecule has 0 N–H and O–H groups in total. The van der Waals surface area contributed by atoms with Crippen LogP contribution >= 0.6 is 0 Å². The average molecular weight is 688 g/mol. The normalized spacial score (nSPS) is 11.1. The van der Waals surface area contributed by atoms with Crippen LogP contribution in [-0.2, 0) is 32.1 Å². The average Bonchev–Trinajstić information content (AvgIpc) is 3.75. The van der Waals surface area contributed by atoms with E-state index in [-0.39, 0.29) is 21.1 Å². The molecule has 0 aliphatic heterocycles. The summed E-state index contributed by atoms with van der Waals surface area (Å²) in [5.74, 6) is 0. The smallest absolute Gasteiger partial charge is 0.262 e. The van der Waals surface area contributed by atoms with Crippen molar-refractivity contribution in [2.24, 2.45) is 0 Å². The van der Waals surface area contributed by atoms with Gasteiger partial charge in [0.25, 0.3) is 0 Å². The minimum absolute atomic E-state index is 0. The van der Waals surface area contributed by atoms with Gasteiger partial charge in [0.05, 0.1) is 11.1 Å². The zero-order chi connectivity index (χ0) is 26.3. The molecule has 6 rings (SSSR count). The molecule has 0 saturated heterocycles. The van der Waals surface area contributed by atoms with Crippen LogP contribution in [0.4, 0.5) is 0 Å². The summed E-state index contributed by atoms with van der Waals surface area (Å²) in [4.78, 5) is 0. The van der Waals surface area contributed by atoms with Crippen molar-refractivity contribution in [1.82, 2.24) is 19.6 Å². The van der Waals surface area contributed by atoms with Gasteiger partial charge in [-0.2, -0.15) is 132 Å². The van der Waals surface area contributed by atoms with Gasteiger partial charge in [0.1, 0.15) is 0 Å². The van der Waals surface area contributed by atoms with Crippen molar-refractivity contribution in [2.75, 3.05) is 0 Å². The van der Waals surface area contributed by atoms with Crippen molar-refractivity contribution in [3.05, 3.63) is 181 Å². The van der Waals surface area contributed by atoms with Gasteiger partial charge in [0.2, 0.25) is 0 Å². The Morgan fingerprint density at radius 1 is 0.487 bits per heavy atom. The van der Waals surface area contributed by atoms with Crippen molar-refractivity contribution in [1.29, 1.82) is 0 Å². The van der Waals surface area contributed by atoms with Gasteiger partial charge >= 0.3 is 21.1 Å². The SMILES string of the molecule is CC(c1[c-]cccc1)(c1[c-]cccc1)n1cccn1.CC(c1[c-]cccc1)(c1[c-]cccc1)n1cccn1.[Pt+4]. The van der Waals surface area contributed by atoms with Gasteiger partial charge in [0.15, 0.2) is 0 Å². The van der Waals surface area contributed by atoms with E-state index in [1.165, 1.54) is 0 Å². The maximum atomic E-state index is 4.42. The molecule has 2 heterocycles. The fraction of sp³-hybridized carbons (Fsp3) is 0.118. The summed E-state index contributed by atoms with van der Waals surface area (Å²) in [5.41, 5.74) is 3.49. The maximum Gasteiger partial charge on any atom is 4.00 e. The minimum atomic E-state index is -0.397. The number of hydrogen-bond acceptors (Lipinski definition) is 2. The Bertz CT molecular complexity index is 1300. The molecule has 4 nitrogen and oxygen atoms in total. The zero-order valence-electron chi connectivity index (χ0n) is 21.8. The van der Waals surface area contributed by atoms with Crippen molar-refractivity contribution in [3.63, 3.8) is 0 Å². The van der Waals surface area contributed by atoms with Gasteiger partial charge in [-0.15, -0.1) is 22.3 Å². The molecule has 0 saturated carbocycles. The Labute approximate surface area is 245 Å². The van der Waals surface area contributed by atoms with E-state index < -0.39 is 11.1 Å². The van der Waals surface area contributed by atoms with Crippen LogP contribution in [0, 0.1) is 24.3 Å². The summed E-state index contributed by atoms with van der Waals surface area (Å²) in [6.45, 7) is 4.27. The molecular formula is C34H28N4Pt. The van der Waals surface area contributed by atoms with Gasteiger partial charge < -0.3 is 0 Å². The third-order valence-electron chi connectivity index (χ3n) is 6.86.